The van der Waals surface area contributed by atoms with Gasteiger partial charge in [-0.1, -0.05) is 20.8 Å². The van der Waals surface area contributed by atoms with Crippen LogP contribution in [0, 0.1) is 11.6 Å². The summed E-state index contributed by atoms with van der Waals surface area (Å²) in [5.41, 5.74) is 0.853. The summed E-state index contributed by atoms with van der Waals surface area (Å²) in [5.74, 6) is -0.739. The van der Waals surface area contributed by atoms with Crippen LogP contribution in [0.4, 0.5) is 14.5 Å². The second-order valence-corrected chi connectivity index (χ2v) is 5.41. The van der Waals surface area contributed by atoms with Crippen molar-refractivity contribution >= 4 is 5.69 Å². The highest BCUT2D eigenvalue weighted by Gasteiger charge is 2.22. The summed E-state index contributed by atoms with van der Waals surface area (Å²) in [7, 11) is 0. The Balaban J connectivity index is 2.21. The minimum Gasteiger partial charge on any atom is -0.364 e. The fraction of sp³-hybridized carbons (Fsp3) is 0.600. The Morgan fingerprint density at radius 1 is 1.05 bits per heavy atom. The van der Waals surface area contributed by atoms with Crippen LogP contribution in [0.15, 0.2) is 12.1 Å². The van der Waals surface area contributed by atoms with Gasteiger partial charge in [0.2, 0.25) is 0 Å². The van der Waals surface area contributed by atoms with Gasteiger partial charge in [0.1, 0.15) is 17.3 Å². The normalized spacial score (nSPS) is 17.3. The van der Waals surface area contributed by atoms with Gasteiger partial charge in [0.15, 0.2) is 0 Å². The molecule has 1 aromatic carbocycles. The monoisotopic (exact) mass is 268 g/mol. The third kappa shape index (κ3) is 3.06. The third-order valence-corrected chi connectivity index (χ3v) is 3.84. The predicted octanol–water partition coefficient (Wildman–Crippen LogP) is 3.23. The van der Waals surface area contributed by atoms with Crippen molar-refractivity contribution in [3.05, 3.63) is 29.3 Å². The summed E-state index contributed by atoms with van der Waals surface area (Å²) >= 11 is 0. The van der Waals surface area contributed by atoms with E-state index in [9.17, 15) is 8.78 Å². The molecule has 0 radical (unpaired) electrons. The fourth-order valence-corrected chi connectivity index (χ4v) is 2.51. The maximum Gasteiger partial charge on any atom is 0.149 e. The maximum atomic E-state index is 14.1. The highest BCUT2D eigenvalue weighted by molar-refractivity contribution is 5.51. The van der Waals surface area contributed by atoms with Crippen LogP contribution in [0.1, 0.15) is 32.3 Å². The quantitative estimate of drug-likeness (QED) is 0.830. The van der Waals surface area contributed by atoms with Gasteiger partial charge in [0.25, 0.3) is 0 Å². The minimum absolute atomic E-state index is 0.134. The van der Waals surface area contributed by atoms with Gasteiger partial charge in [-0.2, -0.15) is 0 Å². The van der Waals surface area contributed by atoms with Crippen LogP contribution in [-0.2, 0) is 0 Å². The number of halogens is 2. The topological polar surface area (TPSA) is 6.48 Å². The van der Waals surface area contributed by atoms with Crippen molar-refractivity contribution in [2.75, 3.05) is 37.6 Å². The smallest absolute Gasteiger partial charge is 0.149 e. The molecule has 0 amide bonds. The number of rotatable bonds is 3. The lowest BCUT2D eigenvalue weighted by Crippen LogP contribution is -2.46. The van der Waals surface area contributed by atoms with E-state index in [1.54, 1.807) is 0 Å². The van der Waals surface area contributed by atoms with Gasteiger partial charge >= 0.3 is 0 Å². The van der Waals surface area contributed by atoms with Gasteiger partial charge in [-0.05, 0) is 30.2 Å². The molecule has 1 fully saturated rings. The van der Waals surface area contributed by atoms with Crippen molar-refractivity contribution in [2.24, 2.45) is 0 Å². The molecule has 0 aromatic heterocycles. The van der Waals surface area contributed by atoms with Crippen molar-refractivity contribution in [1.29, 1.82) is 0 Å². The van der Waals surface area contributed by atoms with E-state index >= 15 is 0 Å². The van der Waals surface area contributed by atoms with Gasteiger partial charge in [0, 0.05) is 26.2 Å². The molecule has 0 atom stereocenters. The molecule has 1 aliphatic heterocycles. The average Bonchev–Trinajstić information content (AvgIpc) is 2.38. The van der Waals surface area contributed by atoms with Crippen molar-refractivity contribution in [3.63, 3.8) is 0 Å². The molecule has 2 rings (SSSR count). The van der Waals surface area contributed by atoms with Crippen molar-refractivity contribution in [3.8, 4) is 0 Å². The summed E-state index contributed by atoms with van der Waals surface area (Å²) < 4.78 is 28.3. The first-order valence-electron chi connectivity index (χ1n) is 6.99. The molecule has 2 nitrogen and oxygen atoms in total. The molecule has 106 valence electrons. The van der Waals surface area contributed by atoms with Crippen LogP contribution in [-0.4, -0.2) is 37.6 Å². The van der Waals surface area contributed by atoms with Crippen molar-refractivity contribution < 1.29 is 8.78 Å². The standard InChI is InChI=1S/C15H22F2N2/c1-4-18-5-7-19(8-6-18)15-13(16)9-12(11(2)3)10-14(15)17/h9-11H,4-8H2,1-3H3. The maximum absolute atomic E-state index is 14.1. The molecule has 0 saturated carbocycles. The predicted molar refractivity (Wildman–Crippen MR) is 74.8 cm³/mol. The van der Waals surface area contributed by atoms with E-state index in [-0.39, 0.29) is 11.6 Å². The van der Waals surface area contributed by atoms with Crippen LogP contribution in [0.2, 0.25) is 0 Å². The number of nitrogens with zero attached hydrogens (tertiary/aromatic N) is 2. The highest BCUT2D eigenvalue weighted by Crippen LogP contribution is 2.28. The molecular weight excluding hydrogens is 246 g/mol. The van der Waals surface area contributed by atoms with E-state index in [1.807, 2.05) is 18.7 Å². The number of likely N-dealkylation sites (N-methyl/N-ethyl adjacent to an activating group) is 1. The number of benzene rings is 1. The van der Waals surface area contributed by atoms with E-state index in [0.717, 1.165) is 19.6 Å². The first-order chi connectivity index (χ1) is 9.02. The Bertz CT molecular complexity index is 415. The Labute approximate surface area is 114 Å². The third-order valence-electron chi connectivity index (χ3n) is 3.84. The number of piperazine rings is 1. The molecule has 4 heteroatoms. The highest BCUT2D eigenvalue weighted by atomic mass is 19.1. The molecule has 0 bridgehead atoms. The lowest BCUT2D eigenvalue weighted by atomic mass is 10.0. The Kier molecular flexibility index (Phi) is 4.40. The van der Waals surface area contributed by atoms with Crippen LogP contribution in [0.25, 0.3) is 0 Å². The van der Waals surface area contributed by atoms with Gasteiger partial charge in [0.05, 0.1) is 0 Å². The van der Waals surface area contributed by atoms with Crippen molar-refractivity contribution in [2.45, 2.75) is 26.7 Å². The molecule has 0 unspecified atom stereocenters. The molecule has 1 saturated heterocycles. The van der Waals surface area contributed by atoms with Crippen LogP contribution in [0.3, 0.4) is 0 Å². The minimum atomic E-state index is -0.436. The summed E-state index contributed by atoms with van der Waals surface area (Å²) in [5, 5.41) is 0. The zero-order chi connectivity index (χ0) is 14.0. The zero-order valence-corrected chi connectivity index (χ0v) is 11.9. The second-order valence-electron chi connectivity index (χ2n) is 5.41. The second kappa shape index (κ2) is 5.87. The van der Waals surface area contributed by atoms with E-state index in [2.05, 4.69) is 11.8 Å². The molecule has 0 N–H and O–H groups in total. The summed E-state index contributed by atoms with van der Waals surface area (Å²) in [6, 6.07) is 2.94. The van der Waals surface area contributed by atoms with E-state index in [1.165, 1.54) is 12.1 Å². The number of anilines is 1. The number of hydrogen-bond acceptors (Lipinski definition) is 2. The van der Waals surface area contributed by atoms with Crippen LogP contribution < -0.4 is 4.90 Å². The van der Waals surface area contributed by atoms with Gasteiger partial charge in [-0.3, -0.25) is 0 Å². The lowest BCUT2D eigenvalue weighted by molar-refractivity contribution is 0.269. The first kappa shape index (κ1) is 14.3. The van der Waals surface area contributed by atoms with Gasteiger partial charge < -0.3 is 9.80 Å². The SMILES string of the molecule is CCN1CCN(c2c(F)cc(C(C)C)cc2F)CC1. The van der Waals surface area contributed by atoms with Crippen LogP contribution >= 0.6 is 0 Å². The largest absolute Gasteiger partial charge is 0.364 e. The summed E-state index contributed by atoms with van der Waals surface area (Å²) in [6.45, 7) is 10.1. The fourth-order valence-electron chi connectivity index (χ4n) is 2.51. The van der Waals surface area contributed by atoms with Gasteiger partial charge in [-0.15, -0.1) is 0 Å². The molecule has 1 aliphatic rings. The Morgan fingerprint density at radius 3 is 2.00 bits per heavy atom. The molecular formula is C15H22F2N2. The summed E-state index contributed by atoms with van der Waals surface area (Å²) in [6.07, 6.45) is 0. The van der Waals surface area contributed by atoms with Crippen LogP contribution in [0.5, 0.6) is 0 Å². The molecule has 19 heavy (non-hydrogen) atoms. The zero-order valence-electron chi connectivity index (χ0n) is 11.9. The first-order valence-corrected chi connectivity index (χ1v) is 6.99. The van der Waals surface area contributed by atoms with E-state index in [4.69, 9.17) is 0 Å². The summed E-state index contributed by atoms with van der Waals surface area (Å²) in [4.78, 5) is 4.11. The lowest BCUT2D eigenvalue weighted by Gasteiger charge is -2.35. The number of hydrogen-bond donors (Lipinski definition) is 0. The Morgan fingerprint density at radius 2 is 1.58 bits per heavy atom. The molecule has 0 spiro atoms. The van der Waals surface area contributed by atoms with E-state index in [0.29, 0.717) is 18.7 Å². The molecule has 0 aliphatic carbocycles. The average molecular weight is 268 g/mol. The molecule has 1 heterocycles. The van der Waals surface area contributed by atoms with Gasteiger partial charge in [-0.25, -0.2) is 8.78 Å². The molecule has 1 aromatic rings. The van der Waals surface area contributed by atoms with Crippen molar-refractivity contribution in [1.82, 2.24) is 4.90 Å². The van der Waals surface area contributed by atoms with E-state index < -0.39 is 11.6 Å². The Hall–Kier alpha value is -1.16.